The highest BCUT2D eigenvalue weighted by atomic mass is 33.1. The van der Waals surface area contributed by atoms with Gasteiger partial charge in [0.25, 0.3) is 0 Å². The lowest BCUT2D eigenvalue weighted by atomic mass is 9.52. The van der Waals surface area contributed by atoms with Crippen LogP contribution in [0, 0.1) is 27.6 Å². The number of ether oxygens (including phenoxy) is 1. The summed E-state index contributed by atoms with van der Waals surface area (Å²) in [6.07, 6.45) is 6.24. The van der Waals surface area contributed by atoms with Crippen molar-refractivity contribution in [2.45, 2.75) is 144 Å². The fraction of sp³-hybridized carbons (Fsp3) is 0.674. The zero-order valence-electron chi connectivity index (χ0n) is 34.8. The molecular formula is C43H68N2O3S5. The van der Waals surface area contributed by atoms with Crippen LogP contribution in [0.4, 0.5) is 0 Å². The van der Waals surface area contributed by atoms with Crippen molar-refractivity contribution in [3.05, 3.63) is 60.3 Å². The molecule has 0 spiro atoms. The Morgan fingerprint density at radius 2 is 1.53 bits per heavy atom. The Bertz CT molecular complexity index is 1430. The van der Waals surface area contributed by atoms with Crippen LogP contribution < -0.4 is 5.32 Å². The molecule has 2 aromatic rings. The minimum Gasteiger partial charge on any atom is -0.464 e. The summed E-state index contributed by atoms with van der Waals surface area (Å²) in [5, 5.41) is 4.22. The molecule has 0 aliphatic rings. The van der Waals surface area contributed by atoms with E-state index < -0.39 is 16.2 Å². The van der Waals surface area contributed by atoms with Crippen molar-refractivity contribution in [1.29, 1.82) is 0 Å². The van der Waals surface area contributed by atoms with Gasteiger partial charge < -0.3 is 10.1 Å². The van der Waals surface area contributed by atoms with Gasteiger partial charge in [0.2, 0.25) is 5.91 Å². The van der Waals surface area contributed by atoms with Gasteiger partial charge in [-0.1, -0.05) is 114 Å². The van der Waals surface area contributed by atoms with Gasteiger partial charge in [-0.25, -0.2) is 4.98 Å². The second-order valence-corrected chi connectivity index (χ2v) is 23.5. The number of amides is 1. The molecule has 10 heteroatoms. The first-order valence-electron chi connectivity index (χ1n) is 19.2. The van der Waals surface area contributed by atoms with E-state index in [9.17, 15) is 9.59 Å². The first kappa shape index (κ1) is 48.0. The third-order valence-electron chi connectivity index (χ3n) is 11.8. The molecule has 1 heterocycles. The van der Waals surface area contributed by atoms with Crippen molar-refractivity contribution in [1.82, 2.24) is 10.3 Å². The van der Waals surface area contributed by atoms with Gasteiger partial charge in [-0.2, -0.15) is 0 Å². The van der Waals surface area contributed by atoms with E-state index in [-0.39, 0.29) is 39.9 Å². The van der Waals surface area contributed by atoms with Crippen LogP contribution >= 0.6 is 57.3 Å². The number of benzene rings is 1. The number of nitrogens with zero attached hydrogens (tertiary/aromatic N) is 1. The summed E-state index contributed by atoms with van der Waals surface area (Å²) >= 11 is 9.55. The lowest BCUT2D eigenvalue weighted by Gasteiger charge is -2.53. The number of thioether (sulfide) groups is 2. The van der Waals surface area contributed by atoms with Gasteiger partial charge >= 0.3 is 5.97 Å². The molecule has 0 saturated heterocycles. The predicted molar refractivity (Wildman–Crippen MR) is 240 cm³/mol. The van der Waals surface area contributed by atoms with Gasteiger partial charge in [0.15, 0.2) is 0 Å². The smallest absolute Gasteiger partial charge is 0.312 e. The van der Waals surface area contributed by atoms with Crippen LogP contribution in [0.2, 0.25) is 0 Å². The first-order valence-corrected chi connectivity index (χ1v) is 23.8. The van der Waals surface area contributed by atoms with E-state index in [1.807, 2.05) is 57.7 Å². The van der Waals surface area contributed by atoms with E-state index in [1.165, 1.54) is 5.56 Å². The third kappa shape index (κ3) is 13.7. The summed E-state index contributed by atoms with van der Waals surface area (Å²) in [5.74, 6) is 1.35. The van der Waals surface area contributed by atoms with Crippen molar-refractivity contribution in [3.8, 4) is 0 Å². The molecule has 1 aromatic heterocycles. The number of pyridine rings is 1. The van der Waals surface area contributed by atoms with Crippen LogP contribution in [0.25, 0.3) is 0 Å². The second kappa shape index (κ2) is 21.4. The molecule has 0 bridgehead atoms. The molecule has 2 rings (SSSR count). The molecule has 3 unspecified atom stereocenters. The topological polar surface area (TPSA) is 68.3 Å². The van der Waals surface area contributed by atoms with Crippen LogP contribution in [0.15, 0.2) is 59.8 Å². The predicted octanol–water partition coefficient (Wildman–Crippen LogP) is 12.9. The maximum Gasteiger partial charge on any atom is 0.312 e. The molecule has 5 nitrogen and oxygen atoms in total. The van der Waals surface area contributed by atoms with E-state index in [0.717, 1.165) is 40.0 Å². The third-order valence-corrected chi connectivity index (χ3v) is 17.0. The number of esters is 1. The largest absolute Gasteiger partial charge is 0.464 e. The van der Waals surface area contributed by atoms with E-state index in [1.54, 1.807) is 39.5 Å². The molecule has 1 amide bonds. The molecule has 0 saturated carbocycles. The average molecular weight is 821 g/mol. The maximum absolute atomic E-state index is 14.5. The maximum atomic E-state index is 14.5. The highest BCUT2D eigenvalue weighted by molar-refractivity contribution is 8.76. The lowest BCUT2D eigenvalue weighted by molar-refractivity contribution is -0.165. The van der Waals surface area contributed by atoms with Gasteiger partial charge in [0, 0.05) is 28.7 Å². The lowest BCUT2D eigenvalue weighted by Crippen LogP contribution is -2.53. The molecule has 0 fully saturated rings. The van der Waals surface area contributed by atoms with E-state index in [2.05, 4.69) is 103 Å². The second-order valence-electron chi connectivity index (χ2n) is 17.1. The van der Waals surface area contributed by atoms with Gasteiger partial charge in [-0.15, -0.1) is 23.5 Å². The summed E-state index contributed by atoms with van der Waals surface area (Å²) in [5.41, 5.74) is -0.790. The molecular weight excluding hydrogens is 753 g/mol. The fourth-order valence-corrected chi connectivity index (χ4v) is 11.9. The normalized spacial score (nSPS) is 15.1. The average Bonchev–Trinajstić information content (AvgIpc) is 3.09. The van der Waals surface area contributed by atoms with Gasteiger partial charge in [0.05, 0.1) is 5.41 Å². The van der Waals surface area contributed by atoms with Gasteiger partial charge in [0.1, 0.15) is 15.2 Å². The standard InChI is InChI=1S/C43H68N2O3S5/c1-14-16-27-50-38(49)52-42(11,12)33(32-22-18-17-19-23-32)29-39(5,6)40(7,8)34(36(46)45-31(3)4)30-43(13,15-2)41(9,10)37(47)48-26-28-51-53-35-24-20-21-25-44-35/h17-25,31,33-34H,14-16,26-30H2,1-13H3,(H,45,46). The molecule has 0 aliphatic heterocycles. The quantitative estimate of drug-likeness (QED) is 0.0541. The Kier molecular flexibility index (Phi) is 19.3. The first-order chi connectivity index (χ1) is 24.6. The minimum absolute atomic E-state index is 0.00477. The van der Waals surface area contributed by atoms with Crippen molar-refractivity contribution in [3.63, 3.8) is 0 Å². The van der Waals surface area contributed by atoms with Crippen molar-refractivity contribution in [2.75, 3.05) is 18.1 Å². The Hall–Kier alpha value is -1.20. The number of hydrogen-bond donors (Lipinski definition) is 1. The van der Waals surface area contributed by atoms with E-state index in [4.69, 9.17) is 17.0 Å². The number of carbonyl (C=O) groups is 2. The molecule has 298 valence electrons. The zero-order valence-corrected chi connectivity index (χ0v) is 38.9. The van der Waals surface area contributed by atoms with Crippen molar-refractivity contribution < 1.29 is 14.3 Å². The Balaban J connectivity index is 2.41. The van der Waals surface area contributed by atoms with Crippen LogP contribution in [0.3, 0.4) is 0 Å². The Morgan fingerprint density at radius 3 is 2.09 bits per heavy atom. The van der Waals surface area contributed by atoms with Crippen LogP contribution in [-0.2, 0) is 14.3 Å². The number of thiocarbonyl (C=S) groups is 1. The van der Waals surface area contributed by atoms with Crippen molar-refractivity contribution in [2.24, 2.45) is 27.6 Å². The van der Waals surface area contributed by atoms with Crippen LogP contribution in [0.1, 0.15) is 134 Å². The van der Waals surface area contributed by atoms with Gasteiger partial charge in [-0.3, -0.25) is 9.59 Å². The summed E-state index contributed by atoms with van der Waals surface area (Å²) in [6.45, 7) is 28.7. The molecule has 0 aliphatic carbocycles. The molecule has 1 aromatic carbocycles. The SMILES string of the molecule is CCCCSC(=S)SC(C)(C)C(CC(C)(C)C(C)(C)C(CC(C)(CC)C(C)(C)C(=O)OCCSSc1ccccn1)C(=O)NC(C)C)c1ccccc1. The summed E-state index contributed by atoms with van der Waals surface area (Å²) in [6, 6.07) is 16.6. The Morgan fingerprint density at radius 1 is 0.887 bits per heavy atom. The summed E-state index contributed by atoms with van der Waals surface area (Å²) in [4.78, 5) is 32.7. The number of nitrogens with one attached hydrogen (secondary N) is 1. The summed E-state index contributed by atoms with van der Waals surface area (Å²) < 4.78 is 6.76. The number of aromatic nitrogens is 1. The number of hydrogen-bond acceptors (Lipinski definition) is 9. The van der Waals surface area contributed by atoms with E-state index >= 15 is 0 Å². The molecule has 0 radical (unpaired) electrons. The molecule has 1 N–H and O–H groups in total. The van der Waals surface area contributed by atoms with Crippen LogP contribution in [0.5, 0.6) is 0 Å². The minimum atomic E-state index is -0.826. The number of unbranched alkanes of at least 4 members (excludes halogenated alkanes) is 1. The highest BCUT2D eigenvalue weighted by Gasteiger charge is 2.54. The zero-order chi connectivity index (χ0) is 40.1. The number of carbonyl (C=O) groups excluding carboxylic acids is 2. The highest BCUT2D eigenvalue weighted by Crippen LogP contribution is 2.58. The van der Waals surface area contributed by atoms with Gasteiger partial charge in [-0.05, 0) is 124 Å². The molecule has 3 atom stereocenters. The van der Waals surface area contributed by atoms with Crippen molar-refractivity contribution >= 4 is 72.7 Å². The number of rotatable bonds is 22. The van der Waals surface area contributed by atoms with E-state index in [0.29, 0.717) is 18.8 Å². The van der Waals surface area contributed by atoms with Crippen LogP contribution in [-0.4, -0.2) is 49.3 Å². The molecule has 53 heavy (non-hydrogen) atoms. The summed E-state index contributed by atoms with van der Waals surface area (Å²) in [7, 11) is 3.21. The fourth-order valence-electron chi connectivity index (χ4n) is 6.76. The Labute approximate surface area is 345 Å². The monoisotopic (exact) mass is 820 g/mol.